The highest BCUT2D eigenvalue weighted by Gasteiger charge is 2.06. The maximum absolute atomic E-state index is 11.6. The van der Waals surface area contributed by atoms with Crippen molar-refractivity contribution in [3.63, 3.8) is 0 Å². The van der Waals surface area contributed by atoms with E-state index in [9.17, 15) is 4.79 Å². The van der Waals surface area contributed by atoms with E-state index in [0.29, 0.717) is 12.4 Å². The summed E-state index contributed by atoms with van der Waals surface area (Å²) in [5.74, 6) is 1.60. The summed E-state index contributed by atoms with van der Waals surface area (Å²) < 4.78 is 1.67. The van der Waals surface area contributed by atoms with Gasteiger partial charge in [-0.05, 0) is 19.8 Å². The van der Waals surface area contributed by atoms with Crippen LogP contribution >= 0.6 is 11.6 Å². The standard InChI is InChI=1S/C10H15ClN2O/c1-7(5-11)6-13-9(3)12-8(2)4-10(13)14/h4,7H,5-6H2,1-3H3. The molecule has 3 nitrogen and oxygen atoms in total. The predicted octanol–water partition coefficient (Wildman–Crippen LogP) is 1.74. The molecule has 0 spiro atoms. The van der Waals surface area contributed by atoms with Crippen LogP contribution in [0.1, 0.15) is 18.4 Å². The number of alkyl halides is 1. The van der Waals surface area contributed by atoms with Gasteiger partial charge in [0, 0.05) is 24.2 Å². The summed E-state index contributed by atoms with van der Waals surface area (Å²) in [5.41, 5.74) is 0.772. The molecule has 0 bridgehead atoms. The molecule has 1 aromatic heterocycles. The van der Waals surface area contributed by atoms with E-state index in [4.69, 9.17) is 11.6 Å². The van der Waals surface area contributed by atoms with Gasteiger partial charge in [0.1, 0.15) is 5.82 Å². The molecular formula is C10H15ClN2O. The fourth-order valence-corrected chi connectivity index (χ4v) is 1.44. The smallest absolute Gasteiger partial charge is 0.253 e. The highest BCUT2D eigenvalue weighted by atomic mass is 35.5. The van der Waals surface area contributed by atoms with E-state index in [1.165, 1.54) is 0 Å². The van der Waals surface area contributed by atoms with Crippen LogP contribution in [0, 0.1) is 19.8 Å². The predicted molar refractivity (Wildman–Crippen MR) is 57.9 cm³/mol. The van der Waals surface area contributed by atoms with Crippen molar-refractivity contribution in [3.05, 3.63) is 27.9 Å². The summed E-state index contributed by atoms with van der Waals surface area (Å²) in [7, 11) is 0. The summed E-state index contributed by atoms with van der Waals surface area (Å²) in [5, 5.41) is 0. The van der Waals surface area contributed by atoms with E-state index in [1.807, 2.05) is 20.8 Å². The van der Waals surface area contributed by atoms with Gasteiger partial charge >= 0.3 is 0 Å². The Morgan fingerprint density at radius 3 is 2.71 bits per heavy atom. The van der Waals surface area contributed by atoms with Crippen molar-refractivity contribution in [2.75, 3.05) is 5.88 Å². The van der Waals surface area contributed by atoms with Gasteiger partial charge in [0.05, 0.1) is 0 Å². The Hall–Kier alpha value is -0.830. The molecule has 1 unspecified atom stereocenters. The van der Waals surface area contributed by atoms with Crippen molar-refractivity contribution in [2.24, 2.45) is 5.92 Å². The van der Waals surface area contributed by atoms with Crippen LogP contribution < -0.4 is 5.56 Å². The number of hydrogen-bond donors (Lipinski definition) is 0. The van der Waals surface area contributed by atoms with Gasteiger partial charge in [0.2, 0.25) is 0 Å². The van der Waals surface area contributed by atoms with Crippen molar-refractivity contribution in [2.45, 2.75) is 27.3 Å². The Bertz CT molecular complexity index is 373. The van der Waals surface area contributed by atoms with Gasteiger partial charge in [0.25, 0.3) is 5.56 Å². The first-order valence-electron chi connectivity index (χ1n) is 4.65. The lowest BCUT2D eigenvalue weighted by molar-refractivity contribution is 0.497. The summed E-state index contributed by atoms with van der Waals surface area (Å²) in [6.45, 7) is 6.32. The van der Waals surface area contributed by atoms with Crippen LogP contribution in [0.25, 0.3) is 0 Å². The first-order chi connectivity index (χ1) is 6.54. The number of nitrogens with zero attached hydrogens (tertiary/aromatic N) is 2. The number of aryl methyl sites for hydroxylation is 2. The van der Waals surface area contributed by atoms with Crippen molar-refractivity contribution in [1.29, 1.82) is 0 Å². The van der Waals surface area contributed by atoms with Gasteiger partial charge in [0.15, 0.2) is 0 Å². The Morgan fingerprint density at radius 1 is 1.57 bits per heavy atom. The van der Waals surface area contributed by atoms with Crippen molar-refractivity contribution in [3.8, 4) is 0 Å². The molecule has 78 valence electrons. The highest BCUT2D eigenvalue weighted by molar-refractivity contribution is 6.18. The summed E-state index contributed by atoms with van der Waals surface area (Å²) in [6.07, 6.45) is 0. The molecule has 1 heterocycles. The summed E-state index contributed by atoms with van der Waals surface area (Å²) in [6, 6.07) is 1.55. The minimum atomic E-state index is 0.00645. The lowest BCUT2D eigenvalue weighted by Gasteiger charge is -2.12. The van der Waals surface area contributed by atoms with E-state index in [1.54, 1.807) is 10.6 Å². The SMILES string of the molecule is Cc1cc(=O)n(CC(C)CCl)c(C)n1. The molecule has 0 amide bonds. The van der Waals surface area contributed by atoms with Crippen LogP contribution in [0.4, 0.5) is 0 Å². The summed E-state index contributed by atoms with van der Waals surface area (Å²) >= 11 is 5.70. The molecule has 1 atom stereocenters. The molecular weight excluding hydrogens is 200 g/mol. The average molecular weight is 215 g/mol. The second-order valence-electron chi connectivity index (χ2n) is 3.65. The van der Waals surface area contributed by atoms with Crippen molar-refractivity contribution < 1.29 is 0 Å². The molecule has 0 aliphatic heterocycles. The lowest BCUT2D eigenvalue weighted by Crippen LogP contribution is -2.26. The second kappa shape index (κ2) is 4.60. The van der Waals surface area contributed by atoms with Gasteiger partial charge in [-0.2, -0.15) is 0 Å². The van der Waals surface area contributed by atoms with Crippen molar-refractivity contribution in [1.82, 2.24) is 9.55 Å². The van der Waals surface area contributed by atoms with E-state index in [-0.39, 0.29) is 11.5 Å². The Kier molecular flexibility index (Phi) is 3.69. The average Bonchev–Trinajstić information content (AvgIpc) is 2.10. The molecule has 0 aromatic carbocycles. The Balaban J connectivity index is 3.03. The van der Waals surface area contributed by atoms with Gasteiger partial charge in [-0.25, -0.2) is 4.98 Å². The lowest BCUT2D eigenvalue weighted by atomic mass is 10.2. The fraction of sp³-hybridized carbons (Fsp3) is 0.600. The molecule has 0 saturated carbocycles. The molecule has 14 heavy (non-hydrogen) atoms. The van der Waals surface area contributed by atoms with E-state index < -0.39 is 0 Å². The monoisotopic (exact) mass is 214 g/mol. The van der Waals surface area contributed by atoms with Gasteiger partial charge < -0.3 is 0 Å². The third kappa shape index (κ3) is 2.58. The molecule has 4 heteroatoms. The summed E-state index contributed by atoms with van der Waals surface area (Å²) in [4.78, 5) is 15.8. The molecule has 0 N–H and O–H groups in total. The number of halogens is 1. The quantitative estimate of drug-likeness (QED) is 0.719. The van der Waals surface area contributed by atoms with Gasteiger partial charge in [-0.1, -0.05) is 6.92 Å². The molecule has 1 aromatic rings. The van der Waals surface area contributed by atoms with Crippen LogP contribution in [-0.2, 0) is 6.54 Å². The highest BCUT2D eigenvalue weighted by Crippen LogP contribution is 2.03. The fourth-order valence-electron chi connectivity index (χ4n) is 1.35. The minimum absolute atomic E-state index is 0.00645. The zero-order valence-electron chi connectivity index (χ0n) is 8.75. The molecule has 0 saturated heterocycles. The molecule has 0 aliphatic carbocycles. The molecule has 0 fully saturated rings. The number of hydrogen-bond acceptors (Lipinski definition) is 2. The topological polar surface area (TPSA) is 34.9 Å². The second-order valence-corrected chi connectivity index (χ2v) is 3.96. The molecule has 0 radical (unpaired) electrons. The zero-order chi connectivity index (χ0) is 10.7. The van der Waals surface area contributed by atoms with E-state index in [2.05, 4.69) is 4.98 Å². The van der Waals surface area contributed by atoms with E-state index >= 15 is 0 Å². The Morgan fingerprint density at radius 2 is 2.21 bits per heavy atom. The largest absolute Gasteiger partial charge is 0.297 e. The van der Waals surface area contributed by atoms with Crippen LogP contribution in [-0.4, -0.2) is 15.4 Å². The first kappa shape index (κ1) is 11.2. The molecule has 0 aliphatic rings. The van der Waals surface area contributed by atoms with Gasteiger partial charge in [-0.3, -0.25) is 9.36 Å². The normalized spacial score (nSPS) is 12.9. The number of aromatic nitrogens is 2. The van der Waals surface area contributed by atoms with E-state index in [0.717, 1.165) is 11.5 Å². The van der Waals surface area contributed by atoms with Crippen LogP contribution in [0.2, 0.25) is 0 Å². The third-order valence-electron chi connectivity index (χ3n) is 2.08. The third-order valence-corrected chi connectivity index (χ3v) is 2.61. The first-order valence-corrected chi connectivity index (χ1v) is 5.19. The van der Waals surface area contributed by atoms with Crippen LogP contribution in [0.3, 0.4) is 0 Å². The van der Waals surface area contributed by atoms with Crippen molar-refractivity contribution >= 4 is 11.6 Å². The maximum Gasteiger partial charge on any atom is 0.253 e. The maximum atomic E-state index is 11.6. The zero-order valence-corrected chi connectivity index (χ0v) is 9.51. The van der Waals surface area contributed by atoms with Gasteiger partial charge in [-0.15, -0.1) is 11.6 Å². The van der Waals surface area contributed by atoms with Crippen LogP contribution in [0.15, 0.2) is 10.9 Å². The minimum Gasteiger partial charge on any atom is -0.297 e. The number of rotatable bonds is 3. The van der Waals surface area contributed by atoms with Crippen LogP contribution in [0.5, 0.6) is 0 Å². The molecule has 1 rings (SSSR count). The Labute approximate surface area is 88.7 Å².